The molecular formula is C21H32IN5O2S2. The first-order chi connectivity index (χ1) is 14.4. The lowest BCUT2D eigenvalue weighted by Crippen LogP contribution is -2.39. The lowest BCUT2D eigenvalue weighted by atomic mass is 10.0. The van der Waals surface area contributed by atoms with E-state index in [1.807, 2.05) is 18.3 Å². The number of nitrogens with one attached hydrogen (secondary N) is 2. The number of aryl methyl sites for hydroxylation is 1. The molecule has 1 aromatic carbocycles. The summed E-state index contributed by atoms with van der Waals surface area (Å²) in [5, 5.41) is 7.66. The Morgan fingerprint density at radius 3 is 2.65 bits per heavy atom. The number of halogens is 1. The van der Waals surface area contributed by atoms with Gasteiger partial charge in [-0.25, -0.2) is 13.4 Å². The first-order valence-electron chi connectivity index (χ1n) is 10.3. The molecule has 2 N–H and O–H groups in total. The van der Waals surface area contributed by atoms with Crippen LogP contribution >= 0.6 is 35.3 Å². The number of nitrogens with zero attached hydrogens (tertiary/aromatic N) is 3. The molecule has 7 nitrogen and oxygen atoms in total. The van der Waals surface area contributed by atoms with Crippen LogP contribution in [0.4, 0.5) is 0 Å². The Hall–Kier alpha value is -1.24. The summed E-state index contributed by atoms with van der Waals surface area (Å²) in [6.45, 7) is 6.69. The number of thiazole rings is 1. The van der Waals surface area contributed by atoms with Gasteiger partial charge in [-0.2, -0.15) is 4.31 Å². The SMILES string of the molecule is CN=C(NCCc1ncc(C)s1)NCc1ccc(S(=O)(=O)N2CCCC(C)C2)cc1.I. The summed E-state index contributed by atoms with van der Waals surface area (Å²) >= 11 is 1.71. The highest BCUT2D eigenvalue weighted by atomic mass is 127. The number of aliphatic imine (C=N–C) groups is 1. The zero-order chi connectivity index (χ0) is 21.6. The molecule has 0 radical (unpaired) electrons. The van der Waals surface area contributed by atoms with Crippen molar-refractivity contribution in [2.45, 2.75) is 44.6 Å². The summed E-state index contributed by atoms with van der Waals surface area (Å²) in [5.41, 5.74) is 1.000. The van der Waals surface area contributed by atoms with Crippen LogP contribution in [0.5, 0.6) is 0 Å². The molecule has 10 heteroatoms. The third kappa shape index (κ3) is 7.40. The number of piperidine rings is 1. The van der Waals surface area contributed by atoms with Crippen LogP contribution in [0.3, 0.4) is 0 Å². The largest absolute Gasteiger partial charge is 0.356 e. The van der Waals surface area contributed by atoms with Crippen LogP contribution in [-0.2, 0) is 23.0 Å². The fraction of sp³-hybridized carbons (Fsp3) is 0.524. The van der Waals surface area contributed by atoms with Gasteiger partial charge in [0.05, 0.1) is 9.90 Å². The second-order valence-electron chi connectivity index (χ2n) is 7.72. The highest BCUT2D eigenvalue weighted by molar-refractivity contribution is 14.0. The van der Waals surface area contributed by atoms with E-state index in [0.29, 0.717) is 36.4 Å². The zero-order valence-corrected chi connectivity index (χ0v) is 22.3. The molecule has 1 aliphatic heterocycles. The lowest BCUT2D eigenvalue weighted by Gasteiger charge is -2.30. The van der Waals surface area contributed by atoms with Crippen LogP contribution in [0, 0.1) is 12.8 Å². The molecule has 0 bridgehead atoms. The fourth-order valence-electron chi connectivity index (χ4n) is 3.50. The van der Waals surface area contributed by atoms with Gasteiger partial charge in [-0.1, -0.05) is 19.1 Å². The average molecular weight is 578 g/mol. The van der Waals surface area contributed by atoms with Crippen molar-refractivity contribution in [2.75, 3.05) is 26.7 Å². The third-order valence-electron chi connectivity index (χ3n) is 5.16. The van der Waals surface area contributed by atoms with E-state index in [9.17, 15) is 8.42 Å². The summed E-state index contributed by atoms with van der Waals surface area (Å²) in [7, 11) is -1.68. The van der Waals surface area contributed by atoms with Crippen molar-refractivity contribution in [3.63, 3.8) is 0 Å². The highest BCUT2D eigenvalue weighted by Crippen LogP contribution is 2.23. The molecule has 2 heterocycles. The maximum atomic E-state index is 12.9. The van der Waals surface area contributed by atoms with Crippen molar-refractivity contribution in [1.82, 2.24) is 19.9 Å². The maximum absolute atomic E-state index is 12.9. The second kappa shape index (κ2) is 12.1. The molecule has 1 aromatic heterocycles. The van der Waals surface area contributed by atoms with Gasteiger partial charge in [-0.15, -0.1) is 35.3 Å². The molecule has 0 spiro atoms. The topological polar surface area (TPSA) is 86.7 Å². The van der Waals surface area contributed by atoms with E-state index in [0.717, 1.165) is 36.4 Å². The molecule has 0 saturated carbocycles. The van der Waals surface area contributed by atoms with Crippen molar-refractivity contribution in [3.8, 4) is 0 Å². The van der Waals surface area contributed by atoms with Gasteiger partial charge in [0, 0.05) is 50.7 Å². The fourth-order valence-corrected chi connectivity index (χ4v) is 5.89. The smallest absolute Gasteiger partial charge is 0.243 e. The Bertz CT molecular complexity index is 960. The molecule has 2 aromatic rings. The second-order valence-corrected chi connectivity index (χ2v) is 11.0. The van der Waals surface area contributed by atoms with Gasteiger partial charge in [-0.05, 0) is 43.4 Å². The minimum atomic E-state index is -3.41. The van der Waals surface area contributed by atoms with Crippen molar-refractivity contribution in [3.05, 3.63) is 45.9 Å². The Morgan fingerprint density at radius 2 is 2.03 bits per heavy atom. The van der Waals surface area contributed by atoms with Crippen molar-refractivity contribution < 1.29 is 8.42 Å². The van der Waals surface area contributed by atoms with Gasteiger partial charge < -0.3 is 10.6 Å². The van der Waals surface area contributed by atoms with Gasteiger partial charge in [0.1, 0.15) is 0 Å². The number of sulfonamides is 1. The van der Waals surface area contributed by atoms with Crippen molar-refractivity contribution in [2.24, 2.45) is 10.9 Å². The van der Waals surface area contributed by atoms with E-state index in [4.69, 9.17) is 0 Å². The average Bonchev–Trinajstić information content (AvgIpc) is 3.16. The molecule has 0 aliphatic carbocycles. The van der Waals surface area contributed by atoms with Crippen LogP contribution in [0.25, 0.3) is 0 Å². The number of aromatic nitrogens is 1. The highest BCUT2D eigenvalue weighted by Gasteiger charge is 2.28. The van der Waals surface area contributed by atoms with E-state index >= 15 is 0 Å². The molecule has 1 atom stereocenters. The number of benzene rings is 1. The van der Waals surface area contributed by atoms with Crippen LogP contribution in [0.15, 0.2) is 40.4 Å². The zero-order valence-electron chi connectivity index (χ0n) is 18.3. The molecule has 1 unspecified atom stereocenters. The van der Waals surface area contributed by atoms with E-state index < -0.39 is 10.0 Å². The Kier molecular flexibility index (Phi) is 10.2. The van der Waals surface area contributed by atoms with E-state index in [2.05, 4.69) is 34.5 Å². The van der Waals surface area contributed by atoms with Crippen molar-refractivity contribution in [1.29, 1.82) is 0 Å². The van der Waals surface area contributed by atoms with Crippen LogP contribution < -0.4 is 10.6 Å². The molecule has 172 valence electrons. The number of guanidine groups is 1. The standard InChI is InChI=1S/C21H31N5O2S2.HI/c1-16-5-4-12-26(15-16)30(27,28)19-8-6-18(7-9-19)14-25-21(22-3)23-11-10-20-24-13-17(2)29-20;/h6-9,13,16H,4-5,10-12,14-15H2,1-3H3,(H2,22,23,25);1H. The van der Waals surface area contributed by atoms with Crippen LogP contribution in [-0.4, -0.2) is 50.3 Å². The monoisotopic (exact) mass is 577 g/mol. The molecule has 1 saturated heterocycles. The summed E-state index contributed by atoms with van der Waals surface area (Å²) in [6.07, 6.45) is 4.76. The van der Waals surface area contributed by atoms with Gasteiger partial charge in [-0.3, -0.25) is 4.99 Å². The minimum absolute atomic E-state index is 0. The Balaban J connectivity index is 0.00000341. The maximum Gasteiger partial charge on any atom is 0.243 e. The van der Waals surface area contributed by atoms with Crippen LogP contribution in [0.2, 0.25) is 0 Å². The molecule has 0 amide bonds. The first kappa shape index (κ1) is 26.0. The van der Waals surface area contributed by atoms with E-state index in [1.165, 1.54) is 4.88 Å². The van der Waals surface area contributed by atoms with E-state index in [1.54, 1.807) is 34.8 Å². The normalized spacial score (nSPS) is 17.8. The number of hydrogen-bond acceptors (Lipinski definition) is 5. The van der Waals surface area contributed by atoms with Gasteiger partial charge in [0.2, 0.25) is 10.0 Å². The number of rotatable bonds is 7. The van der Waals surface area contributed by atoms with Gasteiger partial charge in [0.15, 0.2) is 5.96 Å². The summed E-state index contributed by atoms with van der Waals surface area (Å²) in [6, 6.07) is 7.12. The third-order valence-corrected chi connectivity index (χ3v) is 8.02. The van der Waals surface area contributed by atoms with E-state index in [-0.39, 0.29) is 24.0 Å². The Morgan fingerprint density at radius 1 is 1.29 bits per heavy atom. The Labute approximate surface area is 206 Å². The van der Waals surface area contributed by atoms with Gasteiger partial charge >= 0.3 is 0 Å². The van der Waals surface area contributed by atoms with Gasteiger partial charge in [0.25, 0.3) is 0 Å². The molecule has 1 aliphatic rings. The molecule has 1 fully saturated rings. The molecule has 31 heavy (non-hydrogen) atoms. The first-order valence-corrected chi connectivity index (χ1v) is 12.6. The minimum Gasteiger partial charge on any atom is -0.356 e. The summed E-state index contributed by atoms with van der Waals surface area (Å²) in [5.74, 6) is 1.12. The predicted molar refractivity (Wildman–Crippen MR) is 138 cm³/mol. The molecule has 3 rings (SSSR count). The quantitative estimate of drug-likeness (QED) is 0.300. The predicted octanol–water partition coefficient (Wildman–Crippen LogP) is 3.40. The number of hydrogen-bond donors (Lipinski definition) is 2. The lowest BCUT2D eigenvalue weighted by molar-refractivity contribution is 0.281. The van der Waals surface area contributed by atoms with Crippen molar-refractivity contribution >= 4 is 51.3 Å². The van der Waals surface area contributed by atoms with Crippen LogP contribution in [0.1, 0.15) is 35.2 Å². The molecular weight excluding hydrogens is 545 g/mol. The summed E-state index contributed by atoms with van der Waals surface area (Å²) < 4.78 is 27.4. The summed E-state index contributed by atoms with van der Waals surface area (Å²) in [4.78, 5) is 10.2.